The third-order valence-corrected chi connectivity index (χ3v) is 6.16. The maximum atomic E-state index is 13.5. The van der Waals surface area contributed by atoms with Gasteiger partial charge in [-0.15, -0.1) is 5.10 Å². The van der Waals surface area contributed by atoms with Crippen molar-refractivity contribution in [1.82, 2.24) is 24.1 Å². The number of benzene rings is 2. The normalized spacial score (nSPS) is 12.4. The Morgan fingerprint density at radius 3 is 2.29 bits per heavy atom. The molecule has 1 N–H and O–H groups in total. The van der Waals surface area contributed by atoms with Gasteiger partial charge in [-0.1, -0.05) is 36.8 Å². The average Bonchev–Trinajstić information content (AvgIpc) is 3.14. The predicted octanol–water partition coefficient (Wildman–Crippen LogP) is 3.11. The summed E-state index contributed by atoms with van der Waals surface area (Å²) in [5.41, 5.74) is 1.22. The molecule has 0 aliphatic heterocycles. The molecule has 9 heteroatoms. The Labute approximate surface area is 202 Å². The first-order valence-electron chi connectivity index (χ1n) is 11.7. The van der Waals surface area contributed by atoms with E-state index in [1.165, 1.54) is 15.0 Å². The van der Waals surface area contributed by atoms with Gasteiger partial charge in [-0.2, -0.15) is 0 Å². The van der Waals surface area contributed by atoms with Crippen LogP contribution in [0.2, 0.25) is 0 Å². The van der Waals surface area contributed by atoms with E-state index in [1.807, 2.05) is 46.8 Å². The van der Waals surface area contributed by atoms with Gasteiger partial charge in [0.15, 0.2) is 5.78 Å². The molecule has 2 aromatic heterocycles. The molecule has 0 saturated heterocycles. The average molecular weight is 476 g/mol. The van der Waals surface area contributed by atoms with Crippen molar-refractivity contribution in [2.24, 2.45) is 0 Å². The zero-order valence-corrected chi connectivity index (χ0v) is 20.5. The van der Waals surface area contributed by atoms with E-state index in [-0.39, 0.29) is 52.6 Å². The lowest BCUT2D eigenvalue weighted by Gasteiger charge is -2.14. The second kappa shape index (κ2) is 9.32. The smallest absolute Gasteiger partial charge is 0.350 e. The molecule has 4 aromatic rings. The van der Waals surface area contributed by atoms with Crippen LogP contribution in [0.1, 0.15) is 66.4 Å². The molecule has 0 aliphatic rings. The van der Waals surface area contributed by atoms with E-state index < -0.39 is 5.69 Å². The van der Waals surface area contributed by atoms with Crippen LogP contribution in [-0.2, 0) is 6.54 Å². The molecule has 0 saturated carbocycles. The van der Waals surface area contributed by atoms with Crippen molar-refractivity contribution in [1.29, 1.82) is 0 Å². The number of hydrogen-bond acceptors (Lipinski definition) is 5. The molecule has 9 nitrogen and oxygen atoms in total. The Morgan fingerprint density at radius 2 is 1.66 bits per heavy atom. The molecule has 0 spiro atoms. The number of amides is 1. The zero-order valence-electron chi connectivity index (χ0n) is 20.5. The van der Waals surface area contributed by atoms with Gasteiger partial charge in [0, 0.05) is 23.2 Å². The summed E-state index contributed by atoms with van der Waals surface area (Å²) in [5, 5.41) is 7.56. The number of Topliss-reactive ketones (excluding diaryl/α,β-unsaturated/α-hetero) is 1. The van der Waals surface area contributed by atoms with Crippen LogP contribution in [0, 0.1) is 6.92 Å². The Kier molecular flexibility index (Phi) is 6.43. The fourth-order valence-electron chi connectivity index (χ4n) is 3.97. The largest absolute Gasteiger partial charge is 0.352 e. The van der Waals surface area contributed by atoms with Gasteiger partial charge in [0.25, 0.3) is 11.5 Å². The second-order valence-electron chi connectivity index (χ2n) is 9.15. The van der Waals surface area contributed by atoms with Crippen molar-refractivity contribution < 1.29 is 9.59 Å². The van der Waals surface area contributed by atoms with E-state index in [0.717, 1.165) is 16.7 Å². The highest BCUT2D eigenvalue weighted by Crippen LogP contribution is 2.17. The molecule has 0 radical (unpaired) electrons. The minimum absolute atomic E-state index is 0.0228. The van der Waals surface area contributed by atoms with Crippen LogP contribution < -0.4 is 16.6 Å². The number of aromatic nitrogens is 4. The van der Waals surface area contributed by atoms with Gasteiger partial charge < -0.3 is 5.32 Å². The summed E-state index contributed by atoms with van der Waals surface area (Å²) >= 11 is 0. The number of rotatable bonds is 7. The predicted molar refractivity (Wildman–Crippen MR) is 134 cm³/mol. The van der Waals surface area contributed by atoms with Crippen LogP contribution in [0.3, 0.4) is 0 Å². The van der Waals surface area contributed by atoms with Crippen molar-refractivity contribution in [2.45, 2.75) is 59.7 Å². The van der Waals surface area contributed by atoms with Crippen molar-refractivity contribution >= 4 is 28.4 Å². The van der Waals surface area contributed by atoms with Crippen molar-refractivity contribution in [3.8, 4) is 0 Å². The highest BCUT2D eigenvalue weighted by atomic mass is 16.2. The molecule has 0 aliphatic carbocycles. The Bertz CT molecular complexity index is 1560. The second-order valence-corrected chi connectivity index (χ2v) is 9.15. The first-order chi connectivity index (χ1) is 16.6. The van der Waals surface area contributed by atoms with Crippen LogP contribution in [0.5, 0.6) is 0 Å². The topological polar surface area (TPSA) is 107 Å². The summed E-state index contributed by atoms with van der Waals surface area (Å²) in [6, 6.07) is 11.4. The fraction of sp³-hybridized carbons (Fsp3) is 0.346. The van der Waals surface area contributed by atoms with Crippen LogP contribution in [0.15, 0.2) is 52.1 Å². The Balaban J connectivity index is 1.90. The van der Waals surface area contributed by atoms with Gasteiger partial charge in [-0.25, -0.2) is 13.9 Å². The Morgan fingerprint density at radius 1 is 1.00 bits per heavy atom. The van der Waals surface area contributed by atoms with E-state index in [4.69, 9.17) is 0 Å². The molecule has 1 unspecified atom stereocenters. The van der Waals surface area contributed by atoms with Gasteiger partial charge >= 0.3 is 5.69 Å². The van der Waals surface area contributed by atoms with Crippen LogP contribution in [-0.4, -0.2) is 36.5 Å². The van der Waals surface area contributed by atoms with E-state index >= 15 is 0 Å². The standard InChI is InChI=1S/C26H29N5O4/c1-6-17(5)27-23(33)19-11-12-20-21(13-19)31-25(30(15(2)3)24(20)34)28-29(26(31)35)14-22(32)18-9-7-16(4)8-10-18/h7-13,15,17H,6,14H2,1-5H3,(H,27,33). The molecule has 1 atom stereocenters. The SMILES string of the molecule is CCC(C)NC(=O)c1ccc2c(=O)n(C(C)C)c3nn(CC(=O)c4ccc(C)cc4)c(=O)n3c2c1. The summed E-state index contributed by atoms with van der Waals surface area (Å²) in [6.45, 7) is 9.16. The highest BCUT2D eigenvalue weighted by Gasteiger charge is 2.21. The van der Waals surface area contributed by atoms with Gasteiger partial charge in [0.05, 0.1) is 10.9 Å². The van der Waals surface area contributed by atoms with Crippen LogP contribution >= 0.6 is 0 Å². The number of carbonyl (C=O) groups excluding carboxylic acids is 2. The van der Waals surface area contributed by atoms with Crippen LogP contribution in [0.25, 0.3) is 16.7 Å². The van der Waals surface area contributed by atoms with E-state index in [2.05, 4.69) is 10.4 Å². The number of fused-ring (bicyclic) bond motifs is 3. The molecule has 2 heterocycles. The quantitative estimate of drug-likeness (QED) is 0.413. The summed E-state index contributed by atoms with van der Waals surface area (Å²) in [7, 11) is 0. The molecular weight excluding hydrogens is 446 g/mol. The summed E-state index contributed by atoms with van der Waals surface area (Å²) in [4.78, 5) is 52.3. The van der Waals surface area contributed by atoms with E-state index in [9.17, 15) is 19.2 Å². The van der Waals surface area contributed by atoms with Gasteiger partial charge in [0.2, 0.25) is 5.78 Å². The first-order valence-corrected chi connectivity index (χ1v) is 11.7. The minimum atomic E-state index is -0.556. The molecule has 4 rings (SSSR count). The summed E-state index contributed by atoms with van der Waals surface area (Å²) in [5.74, 6) is -0.442. The Hall–Kier alpha value is -4.01. The lowest BCUT2D eigenvalue weighted by molar-refractivity contribution is 0.0937. The lowest BCUT2D eigenvalue weighted by Crippen LogP contribution is -2.32. The van der Waals surface area contributed by atoms with Crippen LogP contribution in [0.4, 0.5) is 0 Å². The molecular formula is C26H29N5O4. The van der Waals surface area contributed by atoms with Crippen molar-refractivity contribution in [3.63, 3.8) is 0 Å². The van der Waals surface area contributed by atoms with Crippen molar-refractivity contribution in [2.75, 3.05) is 0 Å². The highest BCUT2D eigenvalue weighted by molar-refractivity contribution is 5.98. The molecule has 2 aromatic carbocycles. The first kappa shape index (κ1) is 24.1. The third-order valence-electron chi connectivity index (χ3n) is 6.16. The summed E-state index contributed by atoms with van der Waals surface area (Å²) < 4.78 is 3.80. The molecule has 182 valence electrons. The number of hydrogen-bond donors (Lipinski definition) is 1. The molecule has 0 bridgehead atoms. The van der Waals surface area contributed by atoms with E-state index in [1.54, 1.807) is 24.3 Å². The number of ketones is 1. The number of nitrogens with zero attached hydrogens (tertiary/aromatic N) is 4. The third kappa shape index (κ3) is 4.41. The van der Waals surface area contributed by atoms with Gasteiger partial charge in [0.1, 0.15) is 6.54 Å². The maximum Gasteiger partial charge on any atom is 0.352 e. The van der Waals surface area contributed by atoms with Gasteiger partial charge in [-0.05, 0) is 52.3 Å². The number of carbonyl (C=O) groups is 2. The molecule has 35 heavy (non-hydrogen) atoms. The molecule has 1 amide bonds. The fourth-order valence-corrected chi connectivity index (χ4v) is 3.97. The number of aryl methyl sites for hydroxylation is 1. The summed E-state index contributed by atoms with van der Waals surface area (Å²) in [6.07, 6.45) is 0.768. The van der Waals surface area contributed by atoms with E-state index in [0.29, 0.717) is 11.1 Å². The number of nitrogens with one attached hydrogen (secondary N) is 1. The maximum absolute atomic E-state index is 13.5. The zero-order chi connectivity index (χ0) is 25.4. The van der Waals surface area contributed by atoms with Crippen molar-refractivity contribution in [3.05, 3.63) is 80.0 Å². The molecule has 0 fully saturated rings. The van der Waals surface area contributed by atoms with Gasteiger partial charge in [-0.3, -0.25) is 19.0 Å². The minimum Gasteiger partial charge on any atom is -0.350 e. The monoisotopic (exact) mass is 475 g/mol. The lowest BCUT2D eigenvalue weighted by atomic mass is 10.1.